The quantitative estimate of drug-likeness (QED) is 0.825. The van der Waals surface area contributed by atoms with Crippen LogP contribution in [0.25, 0.3) is 0 Å². The van der Waals surface area contributed by atoms with Gasteiger partial charge in [0.25, 0.3) is 0 Å². The number of hydrogen-bond acceptors (Lipinski definition) is 7. The Hall–Kier alpha value is -3.03. The molecule has 1 aromatic heterocycles. The molecule has 0 atom stereocenters. The summed E-state index contributed by atoms with van der Waals surface area (Å²) in [6.45, 7) is -0.483. The van der Waals surface area contributed by atoms with Crippen LogP contribution in [0.1, 0.15) is 0 Å². The summed E-state index contributed by atoms with van der Waals surface area (Å²) in [6.07, 6.45) is 0. The topological polar surface area (TPSA) is 100 Å². The van der Waals surface area contributed by atoms with Gasteiger partial charge in [0.1, 0.15) is 0 Å². The first-order valence-corrected chi connectivity index (χ1v) is 6.21. The van der Waals surface area contributed by atoms with Gasteiger partial charge in [0.05, 0.1) is 20.3 Å². The molecule has 1 aromatic carbocycles. The molecule has 0 bridgehead atoms. The number of carbonyl (C=O) groups is 1. The van der Waals surface area contributed by atoms with Crippen LogP contribution in [0, 0.1) is 0 Å². The van der Waals surface area contributed by atoms with Gasteiger partial charge in [-0.25, -0.2) is 4.79 Å². The van der Waals surface area contributed by atoms with Crippen LogP contribution >= 0.6 is 0 Å². The van der Waals surface area contributed by atoms with Gasteiger partial charge in [-0.2, -0.15) is 9.97 Å². The smallest absolute Gasteiger partial charge is 0.341 e. The van der Waals surface area contributed by atoms with Crippen LogP contribution in [-0.2, 0) is 4.79 Å². The number of nitrogens with zero attached hydrogens (tertiary/aromatic N) is 2. The molecule has 0 aliphatic rings. The summed E-state index contributed by atoms with van der Waals surface area (Å²) in [5, 5.41) is 8.67. The predicted octanol–water partition coefficient (Wildman–Crippen LogP) is 1.75. The summed E-state index contributed by atoms with van der Waals surface area (Å²) in [5.41, 5.74) is 0. The van der Waals surface area contributed by atoms with Crippen LogP contribution in [0.3, 0.4) is 0 Å². The van der Waals surface area contributed by atoms with Gasteiger partial charge in [-0.15, -0.1) is 0 Å². The normalized spacial score (nSPS) is 9.91. The van der Waals surface area contributed by atoms with Crippen LogP contribution in [-0.4, -0.2) is 41.9 Å². The number of methoxy groups -OCH3 is 2. The Kier molecular flexibility index (Phi) is 4.97. The van der Waals surface area contributed by atoms with Crippen molar-refractivity contribution in [2.24, 2.45) is 0 Å². The number of carboxylic acid groups (broad SMARTS) is 1. The highest BCUT2D eigenvalue weighted by Crippen LogP contribution is 2.31. The van der Waals surface area contributed by atoms with Gasteiger partial charge < -0.3 is 24.1 Å². The highest BCUT2D eigenvalue weighted by molar-refractivity contribution is 5.68. The van der Waals surface area contributed by atoms with Crippen LogP contribution in [0.15, 0.2) is 30.3 Å². The second-order valence-corrected chi connectivity index (χ2v) is 3.97. The molecule has 0 aliphatic carbocycles. The summed E-state index contributed by atoms with van der Waals surface area (Å²) >= 11 is 0. The van der Waals surface area contributed by atoms with E-state index < -0.39 is 12.6 Å². The van der Waals surface area contributed by atoms with Gasteiger partial charge in [0, 0.05) is 0 Å². The second kappa shape index (κ2) is 7.11. The first-order chi connectivity index (χ1) is 10.6. The molecule has 0 saturated heterocycles. The van der Waals surface area contributed by atoms with E-state index in [4.69, 9.17) is 24.1 Å². The van der Waals surface area contributed by atoms with Gasteiger partial charge in [-0.05, 0) is 12.1 Å². The number of aromatic nitrogens is 2. The molecular formula is C14H14N2O6. The Labute approximate surface area is 126 Å². The molecule has 0 aliphatic heterocycles. The lowest BCUT2D eigenvalue weighted by molar-refractivity contribution is -0.139. The lowest BCUT2D eigenvalue weighted by atomic mass is 10.3. The van der Waals surface area contributed by atoms with Crippen LogP contribution in [0.2, 0.25) is 0 Å². The molecule has 0 radical (unpaired) electrons. The fourth-order valence-corrected chi connectivity index (χ4v) is 1.53. The third kappa shape index (κ3) is 3.98. The van der Waals surface area contributed by atoms with Gasteiger partial charge in [-0.3, -0.25) is 0 Å². The second-order valence-electron chi connectivity index (χ2n) is 3.97. The zero-order valence-electron chi connectivity index (χ0n) is 12.0. The van der Waals surface area contributed by atoms with Gasteiger partial charge >= 0.3 is 12.0 Å². The number of carboxylic acids is 1. The van der Waals surface area contributed by atoms with Gasteiger partial charge in [-0.1, -0.05) is 12.1 Å². The van der Waals surface area contributed by atoms with Crippen LogP contribution in [0.4, 0.5) is 0 Å². The van der Waals surface area contributed by atoms with E-state index in [9.17, 15) is 4.79 Å². The van der Waals surface area contributed by atoms with Crippen LogP contribution in [0.5, 0.6) is 29.3 Å². The van der Waals surface area contributed by atoms with E-state index in [1.54, 1.807) is 24.3 Å². The molecule has 8 nitrogen and oxygen atoms in total. The van der Waals surface area contributed by atoms with E-state index in [1.165, 1.54) is 20.3 Å². The first-order valence-electron chi connectivity index (χ1n) is 6.21. The standard InChI is InChI=1S/C14H14N2O6/c1-19-11-7-12(20-2)16-14(15-11)22-10-6-4-3-5-9(10)21-8-13(17)18/h3-7H,8H2,1-2H3,(H,17,18). The summed E-state index contributed by atoms with van der Waals surface area (Å²) in [5.74, 6) is -0.0139. The van der Waals surface area contributed by atoms with Gasteiger partial charge in [0.15, 0.2) is 18.1 Å². The van der Waals surface area contributed by atoms with Crippen molar-refractivity contribution in [2.45, 2.75) is 0 Å². The molecule has 2 rings (SSSR count). The van der Waals surface area contributed by atoms with E-state index in [0.717, 1.165) is 0 Å². The van der Waals surface area contributed by atoms with Crippen molar-refractivity contribution in [2.75, 3.05) is 20.8 Å². The number of benzene rings is 1. The van der Waals surface area contributed by atoms with Crippen molar-refractivity contribution in [1.29, 1.82) is 0 Å². The Bertz CT molecular complexity index is 639. The SMILES string of the molecule is COc1cc(OC)nc(Oc2ccccc2OCC(=O)O)n1. The third-order valence-electron chi connectivity index (χ3n) is 2.48. The maximum absolute atomic E-state index is 10.6. The fraction of sp³-hybridized carbons (Fsp3) is 0.214. The minimum absolute atomic E-state index is 0.0115. The Morgan fingerprint density at radius 2 is 1.68 bits per heavy atom. The fourth-order valence-electron chi connectivity index (χ4n) is 1.53. The number of rotatable bonds is 7. The average Bonchev–Trinajstić information content (AvgIpc) is 2.53. The molecule has 116 valence electrons. The Morgan fingerprint density at radius 1 is 1.09 bits per heavy atom. The number of ether oxygens (including phenoxy) is 4. The van der Waals surface area contributed by atoms with Crippen molar-refractivity contribution in [3.8, 4) is 29.3 Å². The minimum atomic E-state index is -1.09. The molecule has 8 heteroatoms. The van der Waals surface area contributed by atoms with E-state index in [2.05, 4.69) is 9.97 Å². The van der Waals surface area contributed by atoms with E-state index in [-0.39, 0.29) is 29.3 Å². The van der Waals surface area contributed by atoms with Crippen molar-refractivity contribution >= 4 is 5.97 Å². The highest BCUT2D eigenvalue weighted by atomic mass is 16.5. The predicted molar refractivity (Wildman–Crippen MR) is 74.8 cm³/mol. The Balaban J connectivity index is 2.25. The molecule has 1 heterocycles. The largest absolute Gasteiger partial charge is 0.481 e. The van der Waals surface area contributed by atoms with Crippen molar-refractivity contribution in [3.63, 3.8) is 0 Å². The molecule has 0 spiro atoms. The molecule has 0 saturated carbocycles. The van der Waals surface area contributed by atoms with E-state index in [0.29, 0.717) is 0 Å². The molecule has 0 fully saturated rings. The summed E-state index contributed by atoms with van der Waals surface area (Å²) < 4.78 is 20.7. The monoisotopic (exact) mass is 306 g/mol. The lowest BCUT2D eigenvalue weighted by Crippen LogP contribution is -2.10. The van der Waals surface area contributed by atoms with Crippen molar-refractivity contribution in [1.82, 2.24) is 9.97 Å². The third-order valence-corrected chi connectivity index (χ3v) is 2.48. The average molecular weight is 306 g/mol. The van der Waals surface area contributed by atoms with Crippen molar-refractivity contribution < 1.29 is 28.8 Å². The van der Waals surface area contributed by atoms with E-state index in [1.807, 2.05) is 0 Å². The van der Waals surface area contributed by atoms with Gasteiger partial charge in [0.2, 0.25) is 11.8 Å². The zero-order chi connectivity index (χ0) is 15.9. The van der Waals surface area contributed by atoms with Crippen LogP contribution < -0.4 is 18.9 Å². The molecule has 0 amide bonds. The summed E-state index contributed by atoms with van der Waals surface area (Å²) in [7, 11) is 2.91. The van der Waals surface area contributed by atoms with Crippen molar-refractivity contribution in [3.05, 3.63) is 30.3 Å². The first kappa shape index (κ1) is 15.4. The Morgan fingerprint density at radius 3 is 2.23 bits per heavy atom. The summed E-state index contributed by atoms with van der Waals surface area (Å²) in [4.78, 5) is 18.6. The highest BCUT2D eigenvalue weighted by Gasteiger charge is 2.12. The minimum Gasteiger partial charge on any atom is -0.481 e. The summed E-state index contributed by atoms with van der Waals surface area (Å²) in [6, 6.07) is 8.07. The number of aliphatic carboxylic acids is 1. The molecule has 1 N–H and O–H groups in total. The molecular weight excluding hydrogens is 292 g/mol. The zero-order valence-corrected chi connectivity index (χ0v) is 12.0. The van der Waals surface area contributed by atoms with E-state index >= 15 is 0 Å². The number of para-hydroxylation sites is 2. The number of hydrogen-bond donors (Lipinski definition) is 1. The molecule has 0 unspecified atom stereocenters. The lowest BCUT2D eigenvalue weighted by Gasteiger charge is -2.11. The maximum Gasteiger partial charge on any atom is 0.341 e. The molecule has 22 heavy (non-hydrogen) atoms. The molecule has 2 aromatic rings. The maximum atomic E-state index is 10.6.